The zero-order chi connectivity index (χ0) is 18.0. The molecule has 0 saturated carbocycles. The number of halogens is 1. The molecule has 4 heteroatoms. The molecule has 0 aliphatic heterocycles. The molecule has 24 heavy (non-hydrogen) atoms. The summed E-state index contributed by atoms with van der Waals surface area (Å²) in [6, 6.07) is 0. The Kier molecular flexibility index (Phi) is 8.69. The molecule has 0 aromatic carbocycles. The van der Waals surface area contributed by atoms with E-state index in [2.05, 4.69) is 36.3 Å². The van der Waals surface area contributed by atoms with Crippen LogP contribution in [0.4, 0.5) is 4.39 Å². The van der Waals surface area contributed by atoms with Crippen molar-refractivity contribution in [1.29, 1.82) is 0 Å². The Hall–Kier alpha value is -1.68. The van der Waals surface area contributed by atoms with E-state index in [1.807, 2.05) is 6.92 Å². The normalized spacial score (nSPS) is 22.8. The molecule has 1 aliphatic rings. The number of hydrogen-bond acceptors (Lipinski definition) is 3. The number of nitrogens with one attached hydrogen (secondary N) is 2. The van der Waals surface area contributed by atoms with Gasteiger partial charge in [-0.25, -0.2) is 4.39 Å². The van der Waals surface area contributed by atoms with E-state index >= 15 is 0 Å². The van der Waals surface area contributed by atoms with E-state index in [-0.39, 0.29) is 11.4 Å². The van der Waals surface area contributed by atoms with E-state index < -0.39 is 0 Å². The highest BCUT2D eigenvalue weighted by atomic mass is 32.1. The van der Waals surface area contributed by atoms with Crippen LogP contribution in [0.5, 0.6) is 0 Å². The zero-order valence-electron chi connectivity index (χ0n) is 15.0. The van der Waals surface area contributed by atoms with Crippen LogP contribution in [0.3, 0.4) is 0 Å². The second-order valence-corrected chi connectivity index (χ2v) is 6.46. The highest BCUT2D eigenvalue weighted by Gasteiger charge is 2.26. The SMILES string of the molecule is C=C(NC1(CC)C=CCCCC1)/C(C=S)=C/N/C(C)=C/C=C(\C)F. The molecular formula is C20H29FN2S. The molecule has 0 heterocycles. The Morgan fingerprint density at radius 3 is 2.71 bits per heavy atom. The Morgan fingerprint density at radius 2 is 2.08 bits per heavy atom. The van der Waals surface area contributed by atoms with E-state index in [0.717, 1.165) is 36.2 Å². The first-order valence-electron chi connectivity index (χ1n) is 8.50. The molecule has 0 spiro atoms. The minimum Gasteiger partial charge on any atom is -0.376 e. The molecule has 2 N–H and O–H groups in total. The van der Waals surface area contributed by atoms with Gasteiger partial charge in [-0.15, -0.1) is 0 Å². The zero-order valence-corrected chi connectivity index (χ0v) is 15.8. The van der Waals surface area contributed by atoms with Crippen LogP contribution >= 0.6 is 12.2 Å². The van der Waals surface area contributed by atoms with Crippen molar-refractivity contribution >= 4 is 17.6 Å². The molecule has 2 nitrogen and oxygen atoms in total. The summed E-state index contributed by atoms with van der Waals surface area (Å²) in [5.41, 5.74) is 2.40. The van der Waals surface area contributed by atoms with Gasteiger partial charge in [0.25, 0.3) is 0 Å². The van der Waals surface area contributed by atoms with Crippen molar-refractivity contribution in [3.05, 3.63) is 59.9 Å². The summed E-state index contributed by atoms with van der Waals surface area (Å²) in [5.74, 6) is -0.230. The molecule has 132 valence electrons. The van der Waals surface area contributed by atoms with Gasteiger partial charge < -0.3 is 10.6 Å². The summed E-state index contributed by atoms with van der Waals surface area (Å²) in [6.45, 7) is 9.63. The fourth-order valence-corrected chi connectivity index (χ4v) is 2.84. The van der Waals surface area contributed by atoms with Crippen LogP contribution in [0.25, 0.3) is 0 Å². The van der Waals surface area contributed by atoms with Crippen LogP contribution in [0.15, 0.2) is 59.9 Å². The highest BCUT2D eigenvalue weighted by Crippen LogP contribution is 2.26. The molecule has 0 amide bonds. The Balaban J connectivity index is 2.81. The quantitative estimate of drug-likeness (QED) is 0.258. The van der Waals surface area contributed by atoms with E-state index in [1.54, 1.807) is 17.6 Å². The molecular weight excluding hydrogens is 319 g/mol. The number of rotatable bonds is 8. The molecule has 1 atom stereocenters. The topological polar surface area (TPSA) is 24.1 Å². The van der Waals surface area contributed by atoms with Crippen molar-refractivity contribution in [2.45, 2.75) is 58.4 Å². The van der Waals surface area contributed by atoms with Gasteiger partial charge in [0.05, 0.1) is 11.4 Å². The van der Waals surface area contributed by atoms with Gasteiger partial charge in [-0.1, -0.05) is 44.3 Å². The Bertz CT molecular complexity index is 568. The number of thiocarbonyl (C=S) groups is 1. The average Bonchev–Trinajstić information content (AvgIpc) is 2.79. The fourth-order valence-electron chi connectivity index (χ4n) is 2.63. The third-order valence-corrected chi connectivity index (χ3v) is 4.46. The Morgan fingerprint density at radius 1 is 1.33 bits per heavy atom. The first-order chi connectivity index (χ1) is 11.4. The van der Waals surface area contributed by atoms with Gasteiger partial charge in [0, 0.05) is 28.5 Å². The summed E-state index contributed by atoms with van der Waals surface area (Å²) in [7, 11) is 0. The van der Waals surface area contributed by atoms with Gasteiger partial charge in [-0.2, -0.15) is 0 Å². The predicted molar refractivity (Wildman–Crippen MR) is 106 cm³/mol. The van der Waals surface area contributed by atoms with Gasteiger partial charge in [-0.3, -0.25) is 0 Å². The maximum absolute atomic E-state index is 12.7. The smallest absolute Gasteiger partial charge is 0.0969 e. The third-order valence-electron chi connectivity index (χ3n) is 4.21. The van der Waals surface area contributed by atoms with Crippen LogP contribution in [-0.4, -0.2) is 10.9 Å². The Labute approximate surface area is 151 Å². The molecule has 1 rings (SSSR count). The summed E-state index contributed by atoms with van der Waals surface area (Å²) in [4.78, 5) is 0. The minimum atomic E-state index is -0.230. The largest absolute Gasteiger partial charge is 0.376 e. The lowest BCUT2D eigenvalue weighted by molar-refractivity contribution is 0.392. The first kappa shape index (κ1) is 20.4. The number of allylic oxidation sites excluding steroid dienone is 6. The molecule has 0 aromatic heterocycles. The van der Waals surface area contributed by atoms with Crippen molar-refractivity contribution in [2.24, 2.45) is 0 Å². The molecule has 1 unspecified atom stereocenters. The van der Waals surface area contributed by atoms with Gasteiger partial charge in [0.2, 0.25) is 0 Å². The summed E-state index contributed by atoms with van der Waals surface area (Å²) >= 11 is 5.13. The first-order valence-corrected chi connectivity index (χ1v) is 8.97. The van der Waals surface area contributed by atoms with Crippen LogP contribution in [0, 0.1) is 0 Å². The lowest BCUT2D eigenvalue weighted by atomic mass is 9.90. The number of hydrogen-bond donors (Lipinski definition) is 2. The van der Waals surface area contributed by atoms with Crippen LogP contribution in [0.1, 0.15) is 52.9 Å². The second-order valence-electron chi connectivity index (χ2n) is 6.23. The van der Waals surface area contributed by atoms with Crippen LogP contribution in [-0.2, 0) is 0 Å². The fraction of sp³-hybridized carbons (Fsp3) is 0.450. The lowest BCUT2D eigenvalue weighted by Crippen LogP contribution is -2.42. The summed E-state index contributed by atoms with van der Waals surface area (Å²) < 4.78 is 12.7. The second kappa shape index (κ2) is 10.2. The monoisotopic (exact) mass is 348 g/mol. The highest BCUT2D eigenvalue weighted by molar-refractivity contribution is 7.79. The molecule has 0 saturated heterocycles. The van der Waals surface area contributed by atoms with Crippen molar-refractivity contribution in [1.82, 2.24) is 10.6 Å². The van der Waals surface area contributed by atoms with Gasteiger partial charge in [0.1, 0.15) is 0 Å². The molecule has 0 bridgehead atoms. The van der Waals surface area contributed by atoms with Crippen molar-refractivity contribution in [3.63, 3.8) is 0 Å². The van der Waals surface area contributed by atoms with E-state index in [0.29, 0.717) is 0 Å². The molecule has 0 fully saturated rings. The molecule has 1 aliphatic carbocycles. The van der Waals surface area contributed by atoms with E-state index in [1.165, 1.54) is 25.8 Å². The van der Waals surface area contributed by atoms with Gasteiger partial charge in [0.15, 0.2) is 0 Å². The van der Waals surface area contributed by atoms with Crippen LogP contribution in [0.2, 0.25) is 0 Å². The standard InChI is InChI=1S/C20H29FN2S/c1-5-20(12-8-6-7-9-13-20)23-18(4)19(15-24)14-22-17(3)11-10-16(2)21/h8,10-12,14-15,22-23H,4-7,9,13H2,1-3H3/b16-10+,17-11+,19-14+. The summed E-state index contributed by atoms with van der Waals surface area (Å²) in [5, 5.41) is 8.30. The van der Waals surface area contributed by atoms with Crippen molar-refractivity contribution < 1.29 is 4.39 Å². The molecule has 0 radical (unpaired) electrons. The molecule has 0 aromatic rings. The van der Waals surface area contributed by atoms with Crippen LogP contribution < -0.4 is 10.6 Å². The average molecular weight is 349 g/mol. The lowest BCUT2D eigenvalue weighted by Gasteiger charge is -2.32. The minimum absolute atomic E-state index is 0.0516. The summed E-state index contributed by atoms with van der Waals surface area (Å²) in [6.07, 6.45) is 15.1. The van der Waals surface area contributed by atoms with E-state index in [9.17, 15) is 4.39 Å². The van der Waals surface area contributed by atoms with Crippen molar-refractivity contribution in [3.8, 4) is 0 Å². The van der Waals surface area contributed by atoms with Gasteiger partial charge in [-0.05, 0) is 51.7 Å². The van der Waals surface area contributed by atoms with E-state index in [4.69, 9.17) is 12.2 Å². The predicted octanol–water partition coefficient (Wildman–Crippen LogP) is 5.62. The maximum atomic E-state index is 12.7. The maximum Gasteiger partial charge on any atom is 0.0969 e. The van der Waals surface area contributed by atoms with Gasteiger partial charge >= 0.3 is 0 Å². The third kappa shape index (κ3) is 6.83. The van der Waals surface area contributed by atoms with Crippen molar-refractivity contribution in [2.75, 3.05) is 0 Å².